The molecular formula is C10H15FN2. The Bertz CT molecular complexity index is 246. The molecule has 0 aromatic carbocycles. The van der Waals surface area contributed by atoms with Gasteiger partial charge in [-0.15, -0.1) is 0 Å². The van der Waals surface area contributed by atoms with Crippen LogP contribution in [-0.2, 0) is 0 Å². The Balaban J connectivity index is 2.73. The van der Waals surface area contributed by atoms with E-state index in [9.17, 15) is 4.39 Å². The van der Waals surface area contributed by atoms with Crippen molar-refractivity contribution < 1.29 is 4.39 Å². The molecule has 0 saturated carbocycles. The number of nitrogens with one attached hydrogen (secondary N) is 1. The Labute approximate surface area is 78.2 Å². The Morgan fingerprint density at radius 1 is 1.54 bits per heavy atom. The summed E-state index contributed by atoms with van der Waals surface area (Å²) in [5, 5.41) is 3.10. The molecule has 0 saturated heterocycles. The highest BCUT2D eigenvalue weighted by Crippen LogP contribution is 2.15. The van der Waals surface area contributed by atoms with Gasteiger partial charge in [-0.3, -0.25) is 4.98 Å². The number of aromatic nitrogens is 1. The van der Waals surface area contributed by atoms with Gasteiger partial charge in [0.25, 0.3) is 0 Å². The van der Waals surface area contributed by atoms with Crippen LogP contribution in [0.5, 0.6) is 0 Å². The van der Waals surface area contributed by atoms with E-state index >= 15 is 0 Å². The van der Waals surface area contributed by atoms with E-state index in [-0.39, 0.29) is 5.82 Å². The van der Waals surface area contributed by atoms with E-state index in [2.05, 4.69) is 17.2 Å². The highest BCUT2D eigenvalue weighted by molar-refractivity contribution is 5.10. The molecule has 2 nitrogen and oxygen atoms in total. The lowest BCUT2D eigenvalue weighted by atomic mass is 10.0. The van der Waals surface area contributed by atoms with Gasteiger partial charge in [-0.2, -0.15) is 0 Å². The zero-order valence-electron chi connectivity index (χ0n) is 8.05. The van der Waals surface area contributed by atoms with E-state index in [1.807, 2.05) is 7.05 Å². The Hall–Kier alpha value is -0.960. The van der Waals surface area contributed by atoms with E-state index in [1.54, 1.807) is 6.07 Å². The molecule has 1 aromatic rings. The zero-order valence-corrected chi connectivity index (χ0v) is 8.05. The third-order valence-corrected chi connectivity index (χ3v) is 2.11. The molecule has 1 rings (SSSR count). The quantitative estimate of drug-likeness (QED) is 0.769. The van der Waals surface area contributed by atoms with Crippen LogP contribution in [0.25, 0.3) is 0 Å². The van der Waals surface area contributed by atoms with E-state index in [4.69, 9.17) is 0 Å². The lowest BCUT2D eigenvalue weighted by molar-refractivity contribution is 0.583. The Morgan fingerprint density at radius 3 is 2.77 bits per heavy atom. The topological polar surface area (TPSA) is 24.9 Å². The van der Waals surface area contributed by atoms with Crippen LogP contribution in [0.3, 0.4) is 0 Å². The molecule has 1 unspecified atom stereocenters. The van der Waals surface area contributed by atoms with Crippen molar-refractivity contribution >= 4 is 0 Å². The summed E-state index contributed by atoms with van der Waals surface area (Å²) >= 11 is 0. The van der Waals surface area contributed by atoms with Crippen LogP contribution in [0.4, 0.5) is 4.39 Å². The molecule has 1 heterocycles. The van der Waals surface area contributed by atoms with Crippen molar-refractivity contribution in [2.45, 2.75) is 19.3 Å². The molecule has 0 fully saturated rings. The fourth-order valence-electron chi connectivity index (χ4n) is 1.33. The number of pyridine rings is 1. The standard InChI is InChI=1S/C10H15FN2/c1-3-8(6-12-2)10-5-4-9(11)7-13-10/h4-5,7-8,12H,3,6H2,1-2H3. The molecule has 13 heavy (non-hydrogen) atoms. The third kappa shape index (κ3) is 2.77. The summed E-state index contributed by atoms with van der Waals surface area (Å²) in [6.45, 7) is 2.99. The maximum atomic E-state index is 12.6. The number of hydrogen-bond acceptors (Lipinski definition) is 2. The smallest absolute Gasteiger partial charge is 0.141 e. The Kier molecular flexibility index (Phi) is 3.83. The lowest BCUT2D eigenvalue weighted by Gasteiger charge is -2.12. The second-order valence-electron chi connectivity index (χ2n) is 3.06. The van der Waals surface area contributed by atoms with Crippen LogP contribution in [0.1, 0.15) is 25.0 Å². The summed E-state index contributed by atoms with van der Waals surface area (Å²) in [6, 6.07) is 3.21. The van der Waals surface area contributed by atoms with Crippen molar-refractivity contribution in [3.63, 3.8) is 0 Å². The average molecular weight is 182 g/mol. The van der Waals surface area contributed by atoms with Gasteiger partial charge in [-0.25, -0.2) is 4.39 Å². The Morgan fingerprint density at radius 2 is 2.31 bits per heavy atom. The highest BCUT2D eigenvalue weighted by atomic mass is 19.1. The summed E-state index contributed by atoms with van der Waals surface area (Å²) in [5.74, 6) is 0.105. The van der Waals surface area contributed by atoms with Crippen molar-refractivity contribution in [1.29, 1.82) is 0 Å². The number of nitrogens with zero attached hydrogens (tertiary/aromatic N) is 1. The predicted octanol–water partition coefficient (Wildman–Crippen LogP) is 1.93. The highest BCUT2D eigenvalue weighted by Gasteiger charge is 2.08. The maximum Gasteiger partial charge on any atom is 0.141 e. The van der Waals surface area contributed by atoms with Crippen LogP contribution >= 0.6 is 0 Å². The zero-order chi connectivity index (χ0) is 9.68. The van der Waals surface area contributed by atoms with E-state index in [0.29, 0.717) is 5.92 Å². The van der Waals surface area contributed by atoms with Crippen LogP contribution in [0.2, 0.25) is 0 Å². The molecule has 0 aliphatic heterocycles. The van der Waals surface area contributed by atoms with Crippen molar-refractivity contribution in [1.82, 2.24) is 10.3 Å². The maximum absolute atomic E-state index is 12.6. The fraction of sp³-hybridized carbons (Fsp3) is 0.500. The molecule has 0 radical (unpaired) electrons. The summed E-state index contributed by atoms with van der Waals surface area (Å²) in [5.41, 5.74) is 0.957. The average Bonchev–Trinajstić information content (AvgIpc) is 2.16. The number of hydrogen-bond donors (Lipinski definition) is 1. The second kappa shape index (κ2) is 4.92. The first-order valence-electron chi connectivity index (χ1n) is 4.54. The molecular weight excluding hydrogens is 167 g/mol. The summed E-state index contributed by atoms with van der Waals surface area (Å²) in [6.07, 6.45) is 2.28. The van der Waals surface area contributed by atoms with Crippen LogP contribution in [0, 0.1) is 5.82 Å². The normalized spacial score (nSPS) is 12.8. The molecule has 0 amide bonds. The van der Waals surface area contributed by atoms with E-state index in [0.717, 1.165) is 18.7 Å². The second-order valence-corrected chi connectivity index (χ2v) is 3.06. The monoisotopic (exact) mass is 182 g/mol. The van der Waals surface area contributed by atoms with Crippen molar-refractivity contribution in [3.05, 3.63) is 29.8 Å². The molecule has 0 aliphatic rings. The van der Waals surface area contributed by atoms with Gasteiger partial charge in [0.15, 0.2) is 0 Å². The van der Waals surface area contributed by atoms with Gasteiger partial charge < -0.3 is 5.32 Å². The predicted molar refractivity (Wildman–Crippen MR) is 51.2 cm³/mol. The van der Waals surface area contributed by atoms with Gasteiger partial charge in [0.1, 0.15) is 5.82 Å². The minimum atomic E-state index is -0.275. The molecule has 3 heteroatoms. The van der Waals surface area contributed by atoms with Crippen LogP contribution in [0.15, 0.2) is 18.3 Å². The van der Waals surface area contributed by atoms with Gasteiger partial charge in [0.2, 0.25) is 0 Å². The fourth-order valence-corrected chi connectivity index (χ4v) is 1.33. The van der Waals surface area contributed by atoms with Gasteiger partial charge in [0, 0.05) is 18.2 Å². The molecule has 1 N–H and O–H groups in total. The molecule has 72 valence electrons. The number of rotatable bonds is 4. The molecule has 1 aromatic heterocycles. The number of halogens is 1. The molecule has 0 spiro atoms. The van der Waals surface area contributed by atoms with Gasteiger partial charge in [-0.05, 0) is 25.6 Å². The van der Waals surface area contributed by atoms with E-state index in [1.165, 1.54) is 12.3 Å². The molecule has 1 atom stereocenters. The minimum absolute atomic E-state index is 0.275. The van der Waals surface area contributed by atoms with Crippen molar-refractivity contribution in [2.75, 3.05) is 13.6 Å². The first kappa shape index (κ1) is 10.1. The summed E-state index contributed by atoms with van der Waals surface area (Å²) in [7, 11) is 1.91. The van der Waals surface area contributed by atoms with Gasteiger partial charge >= 0.3 is 0 Å². The molecule has 0 bridgehead atoms. The molecule has 0 aliphatic carbocycles. The largest absolute Gasteiger partial charge is 0.319 e. The minimum Gasteiger partial charge on any atom is -0.319 e. The first-order valence-corrected chi connectivity index (χ1v) is 4.54. The van der Waals surface area contributed by atoms with Crippen molar-refractivity contribution in [2.24, 2.45) is 0 Å². The summed E-state index contributed by atoms with van der Waals surface area (Å²) in [4.78, 5) is 4.05. The van der Waals surface area contributed by atoms with Gasteiger partial charge in [0.05, 0.1) is 6.20 Å². The lowest BCUT2D eigenvalue weighted by Crippen LogP contribution is -2.17. The summed E-state index contributed by atoms with van der Waals surface area (Å²) < 4.78 is 12.6. The van der Waals surface area contributed by atoms with Gasteiger partial charge in [-0.1, -0.05) is 6.92 Å². The van der Waals surface area contributed by atoms with Crippen LogP contribution in [-0.4, -0.2) is 18.6 Å². The van der Waals surface area contributed by atoms with Crippen LogP contribution < -0.4 is 5.32 Å². The number of likely N-dealkylation sites (N-methyl/N-ethyl adjacent to an activating group) is 1. The SMILES string of the molecule is CCC(CNC)c1ccc(F)cn1. The third-order valence-electron chi connectivity index (χ3n) is 2.11. The first-order chi connectivity index (χ1) is 6.27. The van der Waals surface area contributed by atoms with Crippen molar-refractivity contribution in [3.8, 4) is 0 Å². The van der Waals surface area contributed by atoms with E-state index < -0.39 is 0 Å².